The molecule has 3 aliphatic heterocycles. The predicted octanol–water partition coefficient (Wildman–Crippen LogP) is 3.10. The second-order valence-corrected chi connectivity index (χ2v) is 14.7. The summed E-state index contributed by atoms with van der Waals surface area (Å²) in [7, 11) is 0. The molecule has 3 N–H and O–H groups in total. The molecule has 0 spiro atoms. The molecule has 17 nitrogen and oxygen atoms in total. The van der Waals surface area contributed by atoms with Crippen LogP contribution in [0.5, 0.6) is 5.75 Å². The van der Waals surface area contributed by atoms with Crippen LogP contribution in [0.3, 0.4) is 0 Å². The van der Waals surface area contributed by atoms with Crippen LogP contribution in [-0.4, -0.2) is 118 Å². The predicted molar refractivity (Wildman–Crippen MR) is 219 cm³/mol. The normalized spacial score (nSPS) is 16.6. The summed E-state index contributed by atoms with van der Waals surface area (Å²) in [6.07, 6.45) is 5.85. The van der Waals surface area contributed by atoms with Crippen LogP contribution in [0.25, 0.3) is 16.9 Å². The van der Waals surface area contributed by atoms with Gasteiger partial charge in [0, 0.05) is 68.5 Å². The van der Waals surface area contributed by atoms with E-state index in [-0.39, 0.29) is 68.4 Å². The van der Waals surface area contributed by atoms with E-state index in [1.54, 1.807) is 6.20 Å². The molecule has 5 aromatic rings. The van der Waals surface area contributed by atoms with E-state index in [9.17, 15) is 28.8 Å². The van der Waals surface area contributed by atoms with Crippen LogP contribution >= 0.6 is 0 Å². The summed E-state index contributed by atoms with van der Waals surface area (Å²) in [6.45, 7) is 4.92. The van der Waals surface area contributed by atoms with Crippen LogP contribution < -0.4 is 25.6 Å². The number of hydrogen-bond donors (Lipinski definition) is 3. The highest BCUT2D eigenvalue weighted by Gasteiger charge is 2.44. The molecule has 6 amide bonds. The van der Waals surface area contributed by atoms with E-state index in [0.717, 1.165) is 33.2 Å². The number of piperazine rings is 1. The number of ether oxygens (including phenoxy) is 2. The minimum Gasteiger partial charge on any atom is -0.484 e. The topological polar surface area (TPSA) is 197 Å². The zero-order valence-corrected chi connectivity index (χ0v) is 32.9. The number of anilines is 3. The van der Waals surface area contributed by atoms with Gasteiger partial charge < -0.3 is 29.9 Å². The Morgan fingerprint density at radius 2 is 1.70 bits per heavy atom. The van der Waals surface area contributed by atoms with E-state index < -0.39 is 35.6 Å². The average Bonchev–Trinajstić information content (AvgIpc) is 3.84. The highest BCUT2D eigenvalue weighted by molar-refractivity contribution is 6.23. The lowest BCUT2D eigenvalue weighted by Gasteiger charge is -2.36. The van der Waals surface area contributed by atoms with Crippen LogP contribution in [0.2, 0.25) is 0 Å². The molecular weight excluding hydrogens is 771 g/mol. The van der Waals surface area contributed by atoms with E-state index in [1.165, 1.54) is 23.8 Å². The number of hydrogen-bond acceptors (Lipinski definition) is 12. The van der Waals surface area contributed by atoms with Crippen LogP contribution in [0.4, 0.5) is 17.2 Å². The molecule has 2 aromatic heterocycles. The summed E-state index contributed by atoms with van der Waals surface area (Å²) in [5.74, 6) is -2.01. The number of carbonyl (C=O) groups is 6. The minimum atomic E-state index is -1.07. The smallest absolute Gasteiger partial charge is 0.262 e. The molecule has 0 aliphatic carbocycles. The van der Waals surface area contributed by atoms with Gasteiger partial charge in [0.25, 0.3) is 17.7 Å². The van der Waals surface area contributed by atoms with Gasteiger partial charge >= 0.3 is 0 Å². The van der Waals surface area contributed by atoms with Gasteiger partial charge in [0.15, 0.2) is 18.1 Å². The van der Waals surface area contributed by atoms with Gasteiger partial charge in [-0.2, -0.15) is 0 Å². The molecule has 2 fully saturated rings. The first-order valence-electron chi connectivity index (χ1n) is 19.7. The second kappa shape index (κ2) is 17.4. The number of imide groups is 2. The van der Waals surface area contributed by atoms with Gasteiger partial charge in [0.1, 0.15) is 11.8 Å². The molecule has 3 aromatic carbocycles. The lowest BCUT2D eigenvalue weighted by molar-refractivity contribution is -0.136. The lowest BCUT2D eigenvalue weighted by Crippen LogP contribution is -2.54. The fourth-order valence-electron chi connectivity index (χ4n) is 7.55. The fraction of sp³-hybridized carbons (Fsp3) is 0.302. The van der Waals surface area contributed by atoms with E-state index in [2.05, 4.69) is 63.1 Å². The van der Waals surface area contributed by atoms with Crippen LogP contribution in [0, 0.1) is 6.92 Å². The summed E-state index contributed by atoms with van der Waals surface area (Å²) in [5, 5.41) is 8.24. The Hall–Kier alpha value is -7.14. The third-order valence-electron chi connectivity index (χ3n) is 10.7. The van der Waals surface area contributed by atoms with E-state index in [4.69, 9.17) is 14.5 Å². The Morgan fingerprint density at radius 1 is 0.900 bits per heavy atom. The van der Waals surface area contributed by atoms with Crippen molar-refractivity contribution >= 4 is 58.3 Å². The zero-order valence-electron chi connectivity index (χ0n) is 32.9. The number of carbonyl (C=O) groups excluding carboxylic acids is 6. The number of rotatable bonds is 14. The summed E-state index contributed by atoms with van der Waals surface area (Å²) < 4.78 is 13.2. The molecule has 0 bridgehead atoms. The van der Waals surface area contributed by atoms with Gasteiger partial charge in [0.2, 0.25) is 17.7 Å². The third-order valence-corrected chi connectivity index (χ3v) is 10.7. The Balaban J connectivity index is 0.717. The molecule has 60 heavy (non-hydrogen) atoms. The molecule has 2 saturated heterocycles. The molecule has 1 unspecified atom stereocenters. The summed E-state index contributed by atoms with van der Waals surface area (Å²) >= 11 is 0. The number of nitrogens with one attached hydrogen (secondary N) is 3. The van der Waals surface area contributed by atoms with Gasteiger partial charge in [0.05, 0.1) is 42.7 Å². The van der Waals surface area contributed by atoms with Crippen molar-refractivity contribution < 1.29 is 38.2 Å². The Kier molecular flexibility index (Phi) is 11.5. The maximum Gasteiger partial charge on any atom is 0.262 e. The van der Waals surface area contributed by atoms with Gasteiger partial charge in [-0.1, -0.05) is 23.8 Å². The quantitative estimate of drug-likeness (QED) is 0.110. The molecule has 5 heterocycles. The molecule has 1 atom stereocenters. The van der Waals surface area contributed by atoms with Crippen molar-refractivity contribution in [2.45, 2.75) is 32.2 Å². The summed E-state index contributed by atoms with van der Waals surface area (Å²) in [5.41, 5.74) is 6.06. The van der Waals surface area contributed by atoms with Gasteiger partial charge in [-0.3, -0.25) is 43.4 Å². The lowest BCUT2D eigenvalue weighted by atomic mass is 10.0. The number of piperidine rings is 1. The number of aromatic nitrogens is 3. The second-order valence-electron chi connectivity index (χ2n) is 14.7. The van der Waals surface area contributed by atoms with Gasteiger partial charge in [-0.15, -0.1) is 0 Å². The Labute approximate surface area is 344 Å². The largest absolute Gasteiger partial charge is 0.484 e. The Morgan fingerprint density at radius 3 is 2.48 bits per heavy atom. The number of aryl methyl sites for hydroxylation is 1. The molecule has 8 rings (SSSR count). The van der Waals surface area contributed by atoms with E-state index in [0.29, 0.717) is 32.0 Å². The average molecular weight is 814 g/mol. The van der Waals surface area contributed by atoms with E-state index >= 15 is 0 Å². The van der Waals surface area contributed by atoms with Gasteiger partial charge in [-0.25, -0.2) is 9.97 Å². The maximum absolute atomic E-state index is 13.0. The molecule has 308 valence electrons. The van der Waals surface area contributed by atoms with Gasteiger partial charge in [-0.05, 0) is 61.9 Å². The third kappa shape index (κ3) is 8.51. The van der Waals surface area contributed by atoms with Crippen molar-refractivity contribution in [3.05, 3.63) is 102 Å². The van der Waals surface area contributed by atoms with Crippen molar-refractivity contribution in [1.29, 1.82) is 0 Å². The summed E-state index contributed by atoms with van der Waals surface area (Å²) in [6, 6.07) is 19.6. The van der Waals surface area contributed by atoms with Crippen molar-refractivity contribution in [2.24, 2.45) is 0 Å². The monoisotopic (exact) mass is 813 g/mol. The number of fused-ring (bicyclic) bond motifs is 2. The summed E-state index contributed by atoms with van der Waals surface area (Å²) in [4.78, 5) is 89.2. The SMILES string of the molecule is Cc1cccc(-c2cnc(Nc3ccc(N4CCN(C(=O)CCOCCNC(=O)COc5ccc6c(c5)C(=O)N(C5CCC(=O)NC5=O)C6=O)CC4)cc3)c3nccn23)c1. The Bertz CT molecular complexity index is 2480. The maximum atomic E-state index is 13.0. The van der Waals surface area contributed by atoms with Crippen molar-refractivity contribution in [1.82, 2.24) is 34.8 Å². The van der Waals surface area contributed by atoms with Crippen LogP contribution in [0.1, 0.15) is 45.5 Å². The number of nitrogens with zero attached hydrogens (tertiary/aromatic N) is 6. The molecular formula is C43H43N9O8. The number of amides is 6. The van der Waals surface area contributed by atoms with Crippen LogP contribution in [-0.2, 0) is 23.9 Å². The highest BCUT2D eigenvalue weighted by atomic mass is 16.5. The first-order chi connectivity index (χ1) is 29.1. The minimum absolute atomic E-state index is 0.00705. The first-order valence-corrected chi connectivity index (χ1v) is 19.7. The first kappa shape index (κ1) is 39.7. The molecule has 17 heteroatoms. The standard InChI is InChI=1S/C43H43N9O8/c1-27-3-2-4-28(23-27)35-25-46-39(40-45-14-16-51(35)40)47-29-5-7-30(8-6-29)49-17-19-50(20-18-49)38(55)13-21-59-22-15-44-37(54)26-60-31-9-10-32-33(24-31)43(58)52(42(32)57)34-11-12-36(53)48-41(34)56/h2-10,14,16,23-25,34H,11-13,15,17-22,26H2,1H3,(H,44,54)(H,46,47)(H,48,53,56). The zero-order chi connectivity index (χ0) is 41.8. The van der Waals surface area contributed by atoms with Crippen molar-refractivity contribution in [3.8, 4) is 17.0 Å². The fourth-order valence-corrected chi connectivity index (χ4v) is 7.55. The number of imidazole rings is 1. The van der Waals surface area contributed by atoms with Crippen molar-refractivity contribution in [3.63, 3.8) is 0 Å². The number of benzene rings is 3. The van der Waals surface area contributed by atoms with Crippen LogP contribution in [0.15, 0.2) is 85.3 Å². The molecule has 0 saturated carbocycles. The molecule has 0 radical (unpaired) electrons. The van der Waals surface area contributed by atoms with Crippen molar-refractivity contribution in [2.75, 3.05) is 62.8 Å². The van der Waals surface area contributed by atoms with E-state index in [1.807, 2.05) is 39.9 Å². The molecule has 3 aliphatic rings. The highest BCUT2D eigenvalue weighted by Crippen LogP contribution is 2.31.